The highest BCUT2D eigenvalue weighted by atomic mass is 79.9. The van der Waals surface area contributed by atoms with Crippen molar-refractivity contribution in [3.63, 3.8) is 0 Å². The Morgan fingerprint density at radius 3 is 2.94 bits per heavy atom. The van der Waals surface area contributed by atoms with Gasteiger partial charge in [-0.15, -0.1) is 0 Å². The van der Waals surface area contributed by atoms with Crippen molar-refractivity contribution in [3.8, 4) is 5.75 Å². The first-order chi connectivity index (χ1) is 8.72. The smallest absolute Gasteiger partial charge is 0.170 e. The van der Waals surface area contributed by atoms with Crippen LogP contribution >= 0.6 is 39.2 Å². The Labute approximate surface area is 123 Å². The second-order valence-electron chi connectivity index (χ2n) is 3.57. The van der Waals surface area contributed by atoms with Crippen molar-refractivity contribution in [3.05, 3.63) is 34.1 Å². The third kappa shape index (κ3) is 3.46. The first-order valence-electron chi connectivity index (χ1n) is 5.50. The molecule has 0 radical (unpaired) electrons. The lowest BCUT2D eigenvalue weighted by molar-refractivity contribution is 0.411. The summed E-state index contributed by atoms with van der Waals surface area (Å²) >= 11 is 6.63. The Kier molecular flexibility index (Phi) is 5.03. The molecule has 0 unspecified atom stereocenters. The molecule has 3 nitrogen and oxygen atoms in total. The normalized spacial score (nSPS) is 10.6. The Bertz CT molecular complexity index is 531. The molecule has 0 aliphatic carbocycles. The monoisotopic (exact) mass is 344 g/mol. The van der Waals surface area contributed by atoms with E-state index in [0.717, 1.165) is 38.1 Å². The number of hydrogen-bond donors (Lipinski definition) is 0. The minimum absolute atomic E-state index is 0.834. The fourth-order valence-corrected chi connectivity index (χ4v) is 3.52. The lowest BCUT2D eigenvalue weighted by atomic mass is 10.2. The van der Waals surface area contributed by atoms with Gasteiger partial charge in [0, 0.05) is 22.2 Å². The molecular weight excluding hydrogens is 332 g/mol. The molecule has 1 aromatic carbocycles. The Morgan fingerprint density at radius 2 is 2.28 bits per heavy atom. The summed E-state index contributed by atoms with van der Waals surface area (Å²) in [4.78, 5) is 4.44. The van der Waals surface area contributed by atoms with E-state index in [2.05, 4.69) is 38.3 Å². The highest BCUT2D eigenvalue weighted by Crippen LogP contribution is 2.30. The zero-order valence-corrected chi connectivity index (χ0v) is 13.4. The van der Waals surface area contributed by atoms with E-state index in [0.29, 0.717) is 0 Å². The molecule has 0 spiro atoms. The fraction of sp³-hybridized carbons (Fsp3) is 0.333. The van der Waals surface area contributed by atoms with Gasteiger partial charge in [0.15, 0.2) is 4.34 Å². The van der Waals surface area contributed by atoms with Gasteiger partial charge in [-0.3, -0.25) is 0 Å². The molecule has 18 heavy (non-hydrogen) atoms. The van der Waals surface area contributed by atoms with E-state index < -0.39 is 0 Å². The molecule has 0 saturated heterocycles. The maximum absolute atomic E-state index is 5.35. The van der Waals surface area contributed by atoms with Crippen molar-refractivity contribution < 1.29 is 4.74 Å². The molecular formula is C12H13BrN2OS2. The maximum Gasteiger partial charge on any atom is 0.170 e. The van der Waals surface area contributed by atoms with Crippen LogP contribution in [0.3, 0.4) is 0 Å². The van der Waals surface area contributed by atoms with Crippen molar-refractivity contribution in [1.29, 1.82) is 0 Å². The van der Waals surface area contributed by atoms with Gasteiger partial charge in [0.1, 0.15) is 11.6 Å². The van der Waals surface area contributed by atoms with Gasteiger partial charge in [0.05, 0.1) is 7.11 Å². The van der Waals surface area contributed by atoms with Gasteiger partial charge in [-0.2, -0.15) is 4.37 Å². The number of aromatic nitrogens is 2. The quantitative estimate of drug-likeness (QED) is 0.762. The molecule has 0 saturated carbocycles. The number of rotatable bonds is 5. The number of ether oxygens (including phenoxy) is 1. The van der Waals surface area contributed by atoms with Gasteiger partial charge < -0.3 is 4.74 Å². The van der Waals surface area contributed by atoms with E-state index >= 15 is 0 Å². The number of aryl methyl sites for hydroxylation is 1. The Morgan fingerprint density at radius 1 is 1.44 bits per heavy atom. The van der Waals surface area contributed by atoms with Gasteiger partial charge >= 0.3 is 0 Å². The van der Waals surface area contributed by atoms with Crippen molar-refractivity contribution in [2.45, 2.75) is 23.4 Å². The van der Waals surface area contributed by atoms with Crippen LogP contribution in [0.15, 0.2) is 27.0 Å². The van der Waals surface area contributed by atoms with Crippen LogP contribution in [0.2, 0.25) is 0 Å². The summed E-state index contributed by atoms with van der Waals surface area (Å²) in [6.45, 7) is 2.06. The topological polar surface area (TPSA) is 35.0 Å². The number of thioether (sulfide) groups is 1. The molecule has 0 aliphatic heterocycles. The highest BCUT2D eigenvalue weighted by molar-refractivity contribution is 9.10. The lowest BCUT2D eigenvalue weighted by Gasteiger charge is -2.07. The molecule has 0 aliphatic rings. The maximum atomic E-state index is 5.35. The largest absolute Gasteiger partial charge is 0.496 e. The molecule has 1 heterocycles. The SMILES string of the molecule is CCc1nsc(SCc2cc(Br)ccc2OC)n1. The number of benzene rings is 1. The van der Waals surface area contributed by atoms with Crippen LogP contribution in [0.1, 0.15) is 18.3 Å². The van der Waals surface area contributed by atoms with Gasteiger partial charge in [0.25, 0.3) is 0 Å². The van der Waals surface area contributed by atoms with E-state index in [1.54, 1.807) is 18.9 Å². The first-order valence-corrected chi connectivity index (χ1v) is 8.06. The van der Waals surface area contributed by atoms with E-state index in [4.69, 9.17) is 4.74 Å². The van der Waals surface area contributed by atoms with E-state index in [-0.39, 0.29) is 0 Å². The zero-order valence-electron chi connectivity index (χ0n) is 10.1. The van der Waals surface area contributed by atoms with Crippen molar-refractivity contribution in [1.82, 2.24) is 9.36 Å². The van der Waals surface area contributed by atoms with E-state index in [1.807, 2.05) is 12.1 Å². The van der Waals surface area contributed by atoms with Gasteiger partial charge in [-0.25, -0.2) is 4.98 Å². The average molecular weight is 345 g/mol. The van der Waals surface area contributed by atoms with Crippen LogP contribution in [-0.4, -0.2) is 16.5 Å². The number of hydrogen-bond acceptors (Lipinski definition) is 5. The second kappa shape index (κ2) is 6.54. The molecule has 0 N–H and O–H groups in total. The minimum atomic E-state index is 0.834. The molecule has 96 valence electrons. The summed E-state index contributed by atoms with van der Waals surface area (Å²) < 4.78 is 11.7. The number of nitrogens with zero attached hydrogens (tertiary/aromatic N) is 2. The minimum Gasteiger partial charge on any atom is -0.496 e. The molecule has 0 amide bonds. The molecule has 0 atom stereocenters. The highest BCUT2D eigenvalue weighted by Gasteiger charge is 2.07. The summed E-state index contributed by atoms with van der Waals surface area (Å²) in [6, 6.07) is 6.03. The van der Waals surface area contributed by atoms with Crippen LogP contribution in [0.4, 0.5) is 0 Å². The van der Waals surface area contributed by atoms with Gasteiger partial charge in [0.2, 0.25) is 0 Å². The summed E-state index contributed by atoms with van der Waals surface area (Å²) in [5, 5.41) is 0. The van der Waals surface area contributed by atoms with Crippen molar-refractivity contribution in [2.24, 2.45) is 0 Å². The summed E-state index contributed by atoms with van der Waals surface area (Å²) in [5.74, 6) is 2.66. The van der Waals surface area contributed by atoms with Crippen LogP contribution in [-0.2, 0) is 12.2 Å². The van der Waals surface area contributed by atoms with E-state index in [9.17, 15) is 0 Å². The third-order valence-corrected chi connectivity index (χ3v) is 4.77. The Hall–Kier alpha value is -0.590. The summed E-state index contributed by atoms with van der Waals surface area (Å²) in [6.07, 6.45) is 0.886. The lowest BCUT2D eigenvalue weighted by Crippen LogP contribution is -1.90. The Balaban J connectivity index is 2.07. The van der Waals surface area contributed by atoms with Gasteiger partial charge in [-0.1, -0.05) is 34.6 Å². The third-order valence-electron chi connectivity index (χ3n) is 2.36. The molecule has 2 rings (SSSR count). The molecule has 0 bridgehead atoms. The van der Waals surface area contributed by atoms with Crippen LogP contribution in [0.25, 0.3) is 0 Å². The fourth-order valence-electron chi connectivity index (χ4n) is 1.44. The predicted molar refractivity (Wildman–Crippen MR) is 79.5 cm³/mol. The second-order valence-corrected chi connectivity index (χ2v) is 6.46. The number of methoxy groups -OCH3 is 1. The van der Waals surface area contributed by atoms with E-state index in [1.165, 1.54) is 11.5 Å². The zero-order chi connectivity index (χ0) is 13.0. The van der Waals surface area contributed by atoms with Crippen LogP contribution in [0.5, 0.6) is 5.75 Å². The summed E-state index contributed by atoms with van der Waals surface area (Å²) in [5.41, 5.74) is 1.16. The average Bonchev–Trinajstić information content (AvgIpc) is 2.84. The van der Waals surface area contributed by atoms with Crippen LogP contribution in [0, 0.1) is 0 Å². The molecule has 0 fully saturated rings. The first kappa shape index (κ1) is 13.8. The number of halogens is 1. The molecule has 1 aromatic heterocycles. The predicted octanol–water partition coefficient (Wildman–Crippen LogP) is 4.16. The molecule has 2 aromatic rings. The van der Waals surface area contributed by atoms with Gasteiger partial charge in [-0.05, 0) is 29.7 Å². The van der Waals surface area contributed by atoms with Crippen molar-refractivity contribution in [2.75, 3.05) is 7.11 Å². The van der Waals surface area contributed by atoms with Crippen LogP contribution < -0.4 is 4.74 Å². The molecule has 6 heteroatoms. The summed E-state index contributed by atoms with van der Waals surface area (Å²) in [7, 11) is 1.69. The standard InChI is InChI=1S/C12H13BrN2OS2/c1-3-11-14-12(18-15-11)17-7-8-6-9(13)4-5-10(8)16-2/h4-6H,3,7H2,1-2H3. The van der Waals surface area contributed by atoms with Crippen molar-refractivity contribution >= 4 is 39.2 Å².